The Hall–Kier alpha value is -1.48. The SMILES string of the molecule is Cc1ccc(Cl)c(NC(=O)CSc2n[nH]c(=O)n2C[C@H]2CCCO2)c1Cl. The molecule has 0 spiro atoms. The first kappa shape index (κ1) is 19.3. The number of nitrogens with one attached hydrogen (secondary N) is 2. The number of nitrogens with zero attached hydrogens (tertiary/aromatic N) is 2. The Balaban J connectivity index is 1.63. The van der Waals surface area contributed by atoms with Gasteiger partial charge in [0.2, 0.25) is 5.91 Å². The van der Waals surface area contributed by atoms with Crippen molar-refractivity contribution in [2.45, 2.75) is 37.6 Å². The van der Waals surface area contributed by atoms with E-state index < -0.39 is 0 Å². The van der Waals surface area contributed by atoms with Crippen molar-refractivity contribution in [2.24, 2.45) is 0 Å². The number of carbonyl (C=O) groups is 1. The largest absolute Gasteiger partial charge is 0.376 e. The standard InChI is InChI=1S/C16H18Cl2N4O3S/c1-9-4-5-11(17)14(13(9)18)19-12(23)8-26-16-21-20-15(24)22(16)7-10-3-2-6-25-10/h4-5,10H,2-3,6-8H2,1H3,(H,19,23)(H,20,24)/t10-/m1/s1. The van der Waals surface area contributed by atoms with Gasteiger partial charge >= 0.3 is 5.69 Å². The fraction of sp³-hybridized carbons (Fsp3) is 0.438. The molecule has 1 atom stereocenters. The lowest BCUT2D eigenvalue weighted by Gasteiger charge is -2.12. The first-order valence-electron chi connectivity index (χ1n) is 8.09. The monoisotopic (exact) mass is 416 g/mol. The zero-order chi connectivity index (χ0) is 18.7. The van der Waals surface area contributed by atoms with Gasteiger partial charge in [0.15, 0.2) is 5.16 Å². The highest BCUT2D eigenvalue weighted by molar-refractivity contribution is 7.99. The van der Waals surface area contributed by atoms with Gasteiger partial charge in [0.05, 0.1) is 34.1 Å². The number of aryl methyl sites for hydroxylation is 1. The van der Waals surface area contributed by atoms with E-state index in [-0.39, 0.29) is 23.5 Å². The van der Waals surface area contributed by atoms with Crippen LogP contribution >= 0.6 is 35.0 Å². The van der Waals surface area contributed by atoms with Crippen LogP contribution in [0.25, 0.3) is 0 Å². The van der Waals surface area contributed by atoms with Gasteiger partial charge in [-0.2, -0.15) is 0 Å². The lowest BCUT2D eigenvalue weighted by molar-refractivity contribution is -0.113. The number of aromatic nitrogens is 3. The van der Waals surface area contributed by atoms with E-state index in [1.165, 1.54) is 4.57 Å². The van der Waals surface area contributed by atoms with E-state index in [0.717, 1.165) is 30.2 Å². The number of halogens is 2. The zero-order valence-corrected chi connectivity index (χ0v) is 16.4. The fourth-order valence-electron chi connectivity index (χ4n) is 2.64. The first-order chi connectivity index (χ1) is 12.5. The summed E-state index contributed by atoms with van der Waals surface area (Å²) in [6.07, 6.45) is 1.90. The van der Waals surface area contributed by atoms with E-state index in [0.29, 0.717) is 34.0 Å². The third kappa shape index (κ3) is 4.43. The number of H-pyrrole nitrogens is 1. The number of ether oxygens (including phenoxy) is 1. The van der Waals surface area contributed by atoms with Crippen LogP contribution in [0.3, 0.4) is 0 Å². The van der Waals surface area contributed by atoms with Gasteiger partial charge in [-0.25, -0.2) is 9.89 Å². The molecule has 1 amide bonds. The van der Waals surface area contributed by atoms with E-state index >= 15 is 0 Å². The topological polar surface area (TPSA) is 89.0 Å². The third-order valence-corrected chi connectivity index (χ3v) is 5.79. The van der Waals surface area contributed by atoms with Crippen LogP contribution < -0.4 is 11.0 Å². The van der Waals surface area contributed by atoms with Crippen LogP contribution in [0, 0.1) is 6.92 Å². The molecule has 1 aliphatic heterocycles. The maximum Gasteiger partial charge on any atom is 0.344 e. The van der Waals surface area contributed by atoms with E-state index in [1.807, 2.05) is 6.92 Å². The number of aromatic amines is 1. The van der Waals surface area contributed by atoms with Gasteiger partial charge in [-0.3, -0.25) is 9.36 Å². The fourth-order valence-corrected chi connectivity index (χ4v) is 3.86. The second-order valence-corrected chi connectivity index (χ2v) is 7.67. The van der Waals surface area contributed by atoms with Gasteiger partial charge in [-0.15, -0.1) is 5.10 Å². The summed E-state index contributed by atoms with van der Waals surface area (Å²) in [5.74, 6) is -0.223. The average molecular weight is 417 g/mol. The molecule has 1 aromatic carbocycles. The van der Waals surface area contributed by atoms with Crippen LogP contribution in [0.15, 0.2) is 22.1 Å². The maximum absolute atomic E-state index is 12.3. The highest BCUT2D eigenvalue weighted by Crippen LogP contribution is 2.33. The molecule has 0 aliphatic carbocycles. The molecule has 2 N–H and O–H groups in total. The van der Waals surface area contributed by atoms with E-state index in [1.54, 1.807) is 12.1 Å². The smallest absolute Gasteiger partial charge is 0.344 e. The normalized spacial score (nSPS) is 16.8. The van der Waals surface area contributed by atoms with Crippen molar-refractivity contribution in [3.8, 4) is 0 Å². The second-order valence-electron chi connectivity index (χ2n) is 5.95. The van der Waals surface area contributed by atoms with Crippen molar-refractivity contribution >= 4 is 46.6 Å². The lowest BCUT2D eigenvalue weighted by atomic mass is 10.2. The Kier molecular flexibility index (Phi) is 6.29. The van der Waals surface area contributed by atoms with E-state index in [4.69, 9.17) is 27.9 Å². The van der Waals surface area contributed by atoms with E-state index in [9.17, 15) is 9.59 Å². The summed E-state index contributed by atoms with van der Waals surface area (Å²) < 4.78 is 7.06. The maximum atomic E-state index is 12.3. The molecule has 3 rings (SSSR count). The molecular weight excluding hydrogens is 399 g/mol. The van der Waals surface area contributed by atoms with Crippen molar-refractivity contribution < 1.29 is 9.53 Å². The minimum atomic E-state index is -0.312. The number of hydrogen-bond acceptors (Lipinski definition) is 5. The molecule has 7 nitrogen and oxygen atoms in total. The predicted molar refractivity (Wildman–Crippen MR) is 102 cm³/mol. The summed E-state index contributed by atoms with van der Waals surface area (Å²) >= 11 is 13.5. The number of amides is 1. The lowest BCUT2D eigenvalue weighted by Crippen LogP contribution is -2.25. The third-order valence-electron chi connectivity index (χ3n) is 4.01. The molecule has 0 unspecified atom stereocenters. The number of thioether (sulfide) groups is 1. The second kappa shape index (κ2) is 8.47. The van der Waals surface area contributed by atoms with Crippen LogP contribution in [0.2, 0.25) is 10.0 Å². The van der Waals surface area contributed by atoms with Crippen molar-refractivity contribution in [3.05, 3.63) is 38.2 Å². The molecule has 0 bridgehead atoms. The van der Waals surface area contributed by atoms with Crippen LogP contribution in [0.4, 0.5) is 5.69 Å². The number of anilines is 1. The molecule has 10 heteroatoms. The van der Waals surface area contributed by atoms with Gasteiger partial charge in [-0.05, 0) is 31.4 Å². The highest BCUT2D eigenvalue weighted by atomic mass is 35.5. The first-order valence-corrected chi connectivity index (χ1v) is 9.84. The van der Waals surface area contributed by atoms with Crippen molar-refractivity contribution in [1.29, 1.82) is 0 Å². The van der Waals surface area contributed by atoms with Crippen LogP contribution in [-0.4, -0.2) is 39.1 Å². The van der Waals surface area contributed by atoms with Crippen LogP contribution in [0.1, 0.15) is 18.4 Å². The molecule has 1 aliphatic rings. The van der Waals surface area contributed by atoms with Gasteiger partial charge in [0, 0.05) is 6.61 Å². The summed E-state index contributed by atoms with van der Waals surface area (Å²) in [4.78, 5) is 24.2. The molecule has 2 aromatic rings. The summed E-state index contributed by atoms with van der Waals surface area (Å²) in [5, 5.41) is 10.3. The number of hydrogen-bond donors (Lipinski definition) is 2. The number of carbonyl (C=O) groups excluding carboxylic acids is 1. The predicted octanol–water partition coefficient (Wildman–Crippen LogP) is 3.10. The minimum absolute atomic E-state index is 0.00313. The van der Waals surface area contributed by atoms with Crippen molar-refractivity contribution in [3.63, 3.8) is 0 Å². The molecule has 1 aromatic heterocycles. The average Bonchev–Trinajstić information content (AvgIpc) is 3.25. The van der Waals surface area contributed by atoms with Crippen LogP contribution in [-0.2, 0) is 16.1 Å². The van der Waals surface area contributed by atoms with Crippen molar-refractivity contribution in [1.82, 2.24) is 14.8 Å². The number of rotatable bonds is 6. The van der Waals surface area contributed by atoms with Gasteiger partial charge in [0.25, 0.3) is 0 Å². The minimum Gasteiger partial charge on any atom is -0.376 e. The molecule has 2 heterocycles. The Morgan fingerprint density at radius 2 is 2.31 bits per heavy atom. The van der Waals surface area contributed by atoms with E-state index in [2.05, 4.69) is 15.5 Å². The van der Waals surface area contributed by atoms with Gasteiger partial charge in [0.1, 0.15) is 0 Å². The Morgan fingerprint density at radius 3 is 3.04 bits per heavy atom. The van der Waals surface area contributed by atoms with Crippen molar-refractivity contribution in [2.75, 3.05) is 17.7 Å². The number of benzene rings is 1. The molecule has 0 saturated carbocycles. The summed E-state index contributed by atoms with van der Waals surface area (Å²) in [7, 11) is 0. The summed E-state index contributed by atoms with van der Waals surface area (Å²) in [6.45, 7) is 2.96. The molecule has 26 heavy (non-hydrogen) atoms. The van der Waals surface area contributed by atoms with Crippen LogP contribution in [0.5, 0.6) is 0 Å². The summed E-state index contributed by atoms with van der Waals surface area (Å²) in [6, 6.07) is 3.46. The molecular formula is C16H18Cl2N4O3S. The molecule has 140 valence electrons. The molecule has 1 saturated heterocycles. The highest BCUT2D eigenvalue weighted by Gasteiger charge is 2.20. The molecule has 0 radical (unpaired) electrons. The Bertz CT molecular complexity index is 862. The Morgan fingerprint density at radius 1 is 1.50 bits per heavy atom. The molecule has 1 fully saturated rings. The quantitative estimate of drug-likeness (QED) is 0.706. The Labute approximate surface area is 164 Å². The summed E-state index contributed by atoms with van der Waals surface area (Å²) in [5.41, 5.74) is 0.891. The zero-order valence-electron chi connectivity index (χ0n) is 14.1. The van der Waals surface area contributed by atoms with Gasteiger partial charge in [-0.1, -0.05) is 41.0 Å². The van der Waals surface area contributed by atoms with Gasteiger partial charge < -0.3 is 10.1 Å².